The normalized spacial score (nSPS) is 18.0. The summed E-state index contributed by atoms with van der Waals surface area (Å²) < 4.78 is 1.81. The lowest BCUT2D eigenvalue weighted by Crippen LogP contribution is -2.45. The molecule has 1 aliphatic heterocycles. The molecule has 0 radical (unpaired) electrons. The molecule has 0 amide bonds. The lowest BCUT2D eigenvalue weighted by Gasteiger charge is -2.33. The third kappa shape index (κ3) is 2.70. The molecule has 3 rings (SSSR count). The van der Waals surface area contributed by atoms with Crippen LogP contribution in [-0.2, 0) is 6.54 Å². The van der Waals surface area contributed by atoms with Crippen LogP contribution in [0, 0.1) is 0 Å². The molecule has 120 valence electrons. The van der Waals surface area contributed by atoms with Gasteiger partial charge in [0.2, 0.25) is 5.95 Å². The molecule has 3 heterocycles. The highest BCUT2D eigenvalue weighted by molar-refractivity contribution is 5.84. The van der Waals surface area contributed by atoms with Crippen LogP contribution in [0.4, 0.5) is 11.8 Å². The number of hydrogen-bond donors (Lipinski definition) is 3. The molecule has 2 aromatic rings. The molecular formula is C13H21N7O2. The van der Waals surface area contributed by atoms with Crippen molar-refractivity contribution >= 4 is 22.9 Å². The fraction of sp³-hybridized carbons (Fsp3) is 0.615. The van der Waals surface area contributed by atoms with Crippen LogP contribution in [0.2, 0.25) is 0 Å². The van der Waals surface area contributed by atoms with E-state index in [1.807, 2.05) is 0 Å². The van der Waals surface area contributed by atoms with Gasteiger partial charge in [0.25, 0.3) is 0 Å². The number of aliphatic hydroxyl groups excluding tert-OH is 2. The van der Waals surface area contributed by atoms with Crippen LogP contribution in [0.15, 0.2) is 6.33 Å². The van der Waals surface area contributed by atoms with Gasteiger partial charge in [0.1, 0.15) is 6.33 Å². The lowest BCUT2D eigenvalue weighted by molar-refractivity contribution is 0.0821. The van der Waals surface area contributed by atoms with Crippen LogP contribution in [0.1, 0.15) is 0 Å². The Morgan fingerprint density at radius 3 is 2.68 bits per heavy atom. The molecule has 9 nitrogen and oxygen atoms in total. The molecule has 0 unspecified atom stereocenters. The second kappa shape index (κ2) is 6.03. The molecule has 0 spiro atoms. The minimum atomic E-state index is -0.875. The third-order valence-electron chi connectivity index (χ3n) is 3.93. The van der Waals surface area contributed by atoms with Gasteiger partial charge in [0.05, 0.1) is 19.3 Å². The van der Waals surface area contributed by atoms with Crippen molar-refractivity contribution in [3.8, 4) is 0 Å². The van der Waals surface area contributed by atoms with Gasteiger partial charge in [0.15, 0.2) is 17.0 Å². The van der Waals surface area contributed by atoms with Gasteiger partial charge in [-0.25, -0.2) is 15.0 Å². The summed E-state index contributed by atoms with van der Waals surface area (Å²) in [4.78, 5) is 17.2. The summed E-state index contributed by atoms with van der Waals surface area (Å²) in [6.07, 6.45) is 0.509. The molecule has 0 aromatic carbocycles. The van der Waals surface area contributed by atoms with Gasteiger partial charge in [-0.3, -0.25) is 4.57 Å². The minimum Gasteiger partial charge on any atom is -0.394 e. The largest absolute Gasteiger partial charge is 0.394 e. The van der Waals surface area contributed by atoms with Crippen LogP contribution in [0.5, 0.6) is 0 Å². The summed E-state index contributed by atoms with van der Waals surface area (Å²) in [6.45, 7) is 3.44. The van der Waals surface area contributed by atoms with E-state index in [2.05, 4.69) is 31.8 Å². The van der Waals surface area contributed by atoms with Crippen LogP contribution >= 0.6 is 0 Å². The quantitative estimate of drug-likeness (QED) is 0.626. The Morgan fingerprint density at radius 1 is 1.27 bits per heavy atom. The molecule has 2 aromatic heterocycles. The number of hydrogen-bond acceptors (Lipinski definition) is 8. The zero-order chi connectivity index (χ0) is 15.7. The fourth-order valence-corrected chi connectivity index (χ4v) is 2.63. The monoisotopic (exact) mass is 307 g/mol. The number of imidazole rings is 1. The van der Waals surface area contributed by atoms with Gasteiger partial charge in [-0.1, -0.05) is 0 Å². The van der Waals surface area contributed by atoms with E-state index in [-0.39, 0.29) is 13.2 Å². The van der Waals surface area contributed by atoms with Crippen molar-refractivity contribution in [2.75, 3.05) is 50.5 Å². The Balaban J connectivity index is 2.03. The SMILES string of the molecule is CN1CCN(c2nc3c(N)ncnc3n2C[C@H](O)CO)CC1. The van der Waals surface area contributed by atoms with Crippen molar-refractivity contribution in [2.45, 2.75) is 12.6 Å². The standard InChI is InChI=1S/C13H21N7O2/c1-18-2-4-19(5-3-18)13-17-10-11(14)15-8-16-12(10)20(13)6-9(22)7-21/h8-9,21-22H,2-7H2,1H3,(H2,14,15,16)/t9-/m0/s1. The number of rotatable bonds is 4. The molecule has 1 atom stereocenters. The Hall–Kier alpha value is -1.97. The Bertz CT molecular complexity index is 651. The van der Waals surface area contributed by atoms with Crippen molar-refractivity contribution < 1.29 is 10.2 Å². The first-order valence-corrected chi connectivity index (χ1v) is 7.29. The highest BCUT2D eigenvalue weighted by atomic mass is 16.3. The smallest absolute Gasteiger partial charge is 0.208 e. The first kappa shape index (κ1) is 14.9. The summed E-state index contributed by atoms with van der Waals surface area (Å²) in [6, 6.07) is 0. The fourth-order valence-electron chi connectivity index (χ4n) is 2.63. The van der Waals surface area contributed by atoms with Crippen LogP contribution in [-0.4, -0.2) is 80.6 Å². The van der Waals surface area contributed by atoms with Gasteiger partial charge >= 0.3 is 0 Å². The predicted molar refractivity (Wildman–Crippen MR) is 82.5 cm³/mol. The molecule has 0 bridgehead atoms. The molecule has 9 heteroatoms. The van der Waals surface area contributed by atoms with Crippen LogP contribution < -0.4 is 10.6 Å². The molecule has 0 aliphatic carbocycles. The highest BCUT2D eigenvalue weighted by Gasteiger charge is 2.23. The Kier molecular flexibility index (Phi) is 4.10. The number of aliphatic hydroxyl groups is 2. The summed E-state index contributed by atoms with van der Waals surface area (Å²) >= 11 is 0. The maximum atomic E-state index is 9.82. The van der Waals surface area contributed by atoms with Crippen molar-refractivity contribution in [3.63, 3.8) is 0 Å². The van der Waals surface area contributed by atoms with E-state index in [1.54, 1.807) is 4.57 Å². The Morgan fingerprint density at radius 2 is 2.00 bits per heavy atom. The maximum absolute atomic E-state index is 9.82. The third-order valence-corrected chi connectivity index (χ3v) is 3.93. The number of anilines is 2. The first-order chi connectivity index (χ1) is 10.6. The van der Waals surface area contributed by atoms with Crippen molar-refractivity contribution in [1.29, 1.82) is 0 Å². The van der Waals surface area contributed by atoms with E-state index in [0.29, 0.717) is 22.9 Å². The highest BCUT2D eigenvalue weighted by Crippen LogP contribution is 2.25. The summed E-state index contributed by atoms with van der Waals surface area (Å²) in [5.41, 5.74) is 6.99. The van der Waals surface area contributed by atoms with Gasteiger partial charge in [-0.2, -0.15) is 0 Å². The number of nitrogen functional groups attached to an aromatic ring is 1. The maximum Gasteiger partial charge on any atom is 0.208 e. The van der Waals surface area contributed by atoms with Gasteiger partial charge < -0.3 is 25.7 Å². The molecule has 1 fully saturated rings. The molecule has 1 saturated heterocycles. The minimum absolute atomic E-state index is 0.213. The summed E-state index contributed by atoms with van der Waals surface area (Å²) in [7, 11) is 2.08. The van der Waals surface area contributed by atoms with E-state index in [0.717, 1.165) is 26.2 Å². The average molecular weight is 307 g/mol. The molecule has 0 saturated carbocycles. The van der Waals surface area contributed by atoms with Crippen molar-refractivity contribution in [1.82, 2.24) is 24.4 Å². The molecular weight excluding hydrogens is 286 g/mol. The number of nitrogens with two attached hydrogens (primary N) is 1. The molecule has 4 N–H and O–H groups in total. The topological polar surface area (TPSA) is 117 Å². The number of piperazine rings is 1. The van der Waals surface area contributed by atoms with E-state index < -0.39 is 6.10 Å². The number of likely N-dealkylation sites (N-methyl/N-ethyl adjacent to an activating group) is 1. The number of nitrogens with zero attached hydrogens (tertiary/aromatic N) is 6. The molecule has 22 heavy (non-hydrogen) atoms. The van der Waals surface area contributed by atoms with E-state index in [1.165, 1.54) is 6.33 Å². The van der Waals surface area contributed by atoms with E-state index in [4.69, 9.17) is 10.8 Å². The molecule has 1 aliphatic rings. The number of aromatic nitrogens is 4. The van der Waals surface area contributed by atoms with E-state index in [9.17, 15) is 5.11 Å². The van der Waals surface area contributed by atoms with Crippen molar-refractivity contribution in [3.05, 3.63) is 6.33 Å². The van der Waals surface area contributed by atoms with Crippen LogP contribution in [0.25, 0.3) is 11.2 Å². The van der Waals surface area contributed by atoms with E-state index >= 15 is 0 Å². The van der Waals surface area contributed by atoms with Crippen molar-refractivity contribution in [2.24, 2.45) is 0 Å². The number of fused-ring (bicyclic) bond motifs is 1. The Labute approximate surface area is 128 Å². The second-order valence-electron chi connectivity index (χ2n) is 5.58. The second-order valence-corrected chi connectivity index (χ2v) is 5.58. The van der Waals surface area contributed by atoms with Gasteiger partial charge in [0, 0.05) is 26.2 Å². The predicted octanol–water partition coefficient (Wildman–Crippen LogP) is -1.49. The average Bonchev–Trinajstić information content (AvgIpc) is 2.88. The zero-order valence-corrected chi connectivity index (χ0v) is 12.6. The van der Waals surface area contributed by atoms with Gasteiger partial charge in [-0.15, -0.1) is 0 Å². The van der Waals surface area contributed by atoms with Gasteiger partial charge in [-0.05, 0) is 7.05 Å². The zero-order valence-electron chi connectivity index (χ0n) is 12.6. The van der Waals surface area contributed by atoms with Crippen LogP contribution in [0.3, 0.4) is 0 Å². The first-order valence-electron chi connectivity index (χ1n) is 7.29. The lowest BCUT2D eigenvalue weighted by atomic mass is 10.3. The summed E-state index contributed by atoms with van der Waals surface area (Å²) in [5.74, 6) is 1.03. The summed E-state index contributed by atoms with van der Waals surface area (Å²) in [5, 5.41) is 19.0.